The summed E-state index contributed by atoms with van der Waals surface area (Å²) in [6.07, 6.45) is 0.405. The average Bonchev–Trinajstić information content (AvgIpc) is 2.48. The molecular formula is C16H15Br2NO. The van der Waals surface area contributed by atoms with E-state index in [4.69, 9.17) is 0 Å². The molecule has 0 aromatic heterocycles. The maximum Gasteiger partial charge on any atom is 0.224 e. The molecule has 0 fully saturated rings. The summed E-state index contributed by atoms with van der Waals surface area (Å²) in [6, 6.07) is 17.8. The van der Waals surface area contributed by atoms with E-state index in [1.165, 1.54) is 0 Å². The second-order valence-electron chi connectivity index (χ2n) is 4.49. The Kier molecular flexibility index (Phi) is 5.80. The molecular weight excluding hydrogens is 382 g/mol. The number of nitrogens with one attached hydrogen (secondary N) is 1. The molecule has 2 rings (SSSR count). The highest BCUT2D eigenvalue weighted by atomic mass is 79.9. The average molecular weight is 397 g/mol. The highest BCUT2D eigenvalue weighted by Crippen LogP contribution is 2.21. The standard InChI is InChI=1S/C16H15Br2NO/c17-14-8-6-12(7-9-14)10-16(20)19-11-15(18)13-4-2-1-3-5-13/h1-9,15H,10-11H2,(H,19,20). The Bertz CT molecular complexity index is 554. The lowest BCUT2D eigenvalue weighted by atomic mass is 10.1. The van der Waals surface area contributed by atoms with Crippen molar-refractivity contribution in [3.63, 3.8) is 0 Å². The molecule has 0 aliphatic carbocycles. The normalized spacial score (nSPS) is 11.9. The molecule has 2 aromatic carbocycles. The van der Waals surface area contributed by atoms with Gasteiger partial charge in [0.2, 0.25) is 5.91 Å². The van der Waals surface area contributed by atoms with Gasteiger partial charge in [-0.05, 0) is 23.3 Å². The van der Waals surface area contributed by atoms with Crippen molar-refractivity contribution in [1.82, 2.24) is 5.32 Å². The molecule has 1 N–H and O–H groups in total. The van der Waals surface area contributed by atoms with Gasteiger partial charge in [-0.25, -0.2) is 0 Å². The van der Waals surface area contributed by atoms with Gasteiger partial charge < -0.3 is 5.32 Å². The summed E-state index contributed by atoms with van der Waals surface area (Å²) < 4.78 is 1.02. The predicted molar refractivity (Wildman–Crippen MR) is 89.0 cm³/mol. The minimum absolute atomic E-state index is 0.0349. The predicted octanol–water partition coefficient (Wildman–Crippen LogP) is 4.24. The number of benzene rings is 2. The van der Waals surface area contributed by atoms with E-state index in [9.17, 15) is 4.79 Å². The van der Waals surface area contributed by atoms with Crippen molar-refractivity contribution in [3.05, 3.63) is 70.2 Å². The monoisotopic (exact) mass is 395 g/mol. The van der Waals surface area contributed by atoms with Crippen molar-refractivity contribution in [2.24, 2.45) is 0 Å². The topological polar surface area (TPSA) is 29.1 Å². The molecule has 0 saturated heterocycles. The number of halogens is 2. The largest absolute Gasteiger partial charge is 0.354 e. The lowest BCUT2D eigenvalue weighted by Gasteiger charge is -2.11. The maximum atomic E-state index is 11.9. The summed E-state index contributed by atoms with van der Waals surface area (Å²) in [4.78, 5) is 12.0. The van der Waals surface area contributed by atoms with Gasteiger partial charge in [0, 0.05) is 11.0 Å². The molecule has 0 bridgehead atoms. The summed E-state index contributed by atoms with van der Waals surface area (Å²) >= 11 is 6.97. The third-order valence-electron chi connectivity index (χ3n) is 2.92. The minimum atomic E-state index is 0.0349. The number of rotatable bonds is 5. The molecule has 104 valence electrons. The molecule has 0 saturated carbocycles. The fraction of sp³-hybridized carbons (Fsp3) is 0.188. The Balaban J connectivity index is 1.82. The summed E-state index contributed by atoms with van der Waals surface area (Å²) in [5.41, 5.74) is 2.17. The molecule has 2 nitrogen and oxygen atoms in total. The smallest absolute Gasteiger partial charge is 0.224 e. The van der Waals surface area contributed by atoms with Crippen LogP contribution in [0.15, 0.2) is 59.1 Å². The van der Waals surface area contributed by atoms with Crippen molar-refractivity contribution in [1.29, 1.82) is 0 Å². The first kappa shape index (κ1) is 15.3. The van der Waals surface area contributed by atoms with Crippen LogP contribution in [0.1, 0.15) is 16.0 Å². The fourth-order valence-corrected chi connectivity index (χ4v) is 2.56. The van der Waals surface area contributed by atoms with E-state index in [0.717, 1.165) is 15.6 Å². The van der Waals surface area contributed by atoms with Gasteiger partial charge in [-0.3, -0.25) is 4.79 Å². The van der Waals surface area contributed by atoms with Crippen LogP contribution in [-0.4, -0.2) is 12.5 Å². The SMILES string of the molecule is O=C(Cc1ccc(Br)cc1)NCC(Br)c1ccccc1. The van der Waals surface area contributed by atoms with Gasteiger partial charge in [0.25, 0.3) is 0 Å². The Morgan fingerprint density at radius 1 is 1.05 bits per heavy atom. The number of carbonyl (C=O) groups is 1. The van der Waals surface area contributed by atoms with Crippen LogP contribution in [0.3, 0.4) is 0 Å². The Hall–Kier alpha value is -1.13. The maximum absolute atomic E-state index is 11.9. The van der Waals surface area contributed by atoms with Crippen LogP contribution in [0.4, 0.5) is 0 Å². The second kappa shape index (κ2) is 7.60. The zero-order chi connectivity index (χ0) is 14.4. The third-order valence-corrected chi connectivity index (χ3v) is 4.30. The van der Waals surface area contributed by atoms with Crippen LogP contribution in [0, 0.1) is 0 Å². The van der Waals surface area contributed by atoms with Crippen molar-refractivity contribution in [2.45, 2.75) is 11.2 Å². The van der Waals surface area contributed by atoms with E-state index in [1.54, 1.807) is 0 Å². The van der Waals surface area contributed by atoms with Crippen LogP contribution in [0.5, 0.6) is 0 Å². The van der Waals surface area contributed by atoms with Crippen LogP contribution >= 0.6 is 31.9 Å². The number of hydrogen-bond donors (Lipinski definition) is 1. The van der Waals surface area contributed by atoms with Gasteiger partial charge in [0.1, 0.15) is 0 Å². The third kappa shape index (κ3) is 4.76. The van der Waals surface area contributed by atoms with Crippen molar-refractivity contribution < 1.29 is 4.79 Å². The molecule has 4 heteroatoms. The van der Waals surface area contributed by atoms with E-state index in [0.29, 0.717) is 13.0 Å². The number of carbonyl (C=O) groups excluding carboxylic acids is 1. The van der Waals surface area contributed by atoms with Gasteiger partial charge in [-0.1, -0.05) is 74.3 Å². The molecule has 1 unspecified atom stereocenters. The lowest BCUT2D eigenvalue weighted by molar-refractivity contribution is -0.120. The molecule has 0 spiro atoms. The number of hydrogen-bond acceptors (Lipinski definition) is 1. The Morgan fingerprint density at radius 3 is 2.35 bits per heavy atom. The Labute approximate surface area is 135 Å². The number of amides is 1. The molecule has 2 aromatic rings. The van der Waals surface area contributed by atoms with Gasteiger partial charge >= 0.3 is 0 Å². The van der Waals surface area contributed by atoms with Crippen LogP contribution in [-0.2, 0) is 11.2 Å². The minimum Gasteiger partial charge on any atom is -0.354 e. The molecule has 0 aliphatic rings. The second-order valence-corrected chi connectivity index (χ2v) is 6.51. The molecule has 0 heterocycles. The van der Waals surface area contributed by atoms with E-state index in [-0.39, 0.29) is 10.7 Å². The molecule has 20 heavy (non-hydrogen) atoms. The fourth-order valence-electron chi connectivity index (χ4n) is 1.83. The zero-order valence-corrected chi connectivity index (χ0v) is 14.0. The first-order valence-electron chi connectivity index (χ1n) is 6.35. The van der Waals surface area contributed by atoms with Crippen LogP contribution in [0.2, 0.25) is 0 Å². The van der Waals surface area contributed by atoms with E-state index in [1.807, 2.05) is 54.6 Å². The molecule has 1 amide bonds. The zero-order valence-electron chi connectivity index (χ0n) is 10.9. The molecule has 0 aliphatic heterocycles. The summed E-state index contributed by atoms with van der Waals surface area (Å²) in [6.45, 7) is 0.583. The summed E-state index contributed by atoms with van der Waals surface area (Å²) in [7, 11) is 0. The highest BCUT2D eigenvalue weighted by Gasteiger charge is 2.09. The van der Waals surface area contributed by atoms with E-state index >= 15 is 0 Å². The highest BCUT2D eigenvalue weighted by molar-refractivity contribution is 9.10. The molecule has 1 atom stereocenters. The van der Waals surface area contributed by atoms with Gasteiger partial charge in [-0.2, -0.15) is 0 Å². The lowest BCUT2D eigenvalue weighted by Crippen LogP contribution is -2.28. The van der Waals surface area contributed by atoms with Crippen molar-refractivity contribution in [2.75, 3.05) is 6.54 Å². The van der Waals surface area contributed by atoms with Gasteiger partial charge in [-0.15, -0.1) is 0 Å². The summed E-state index contributed by atoms with van der Waals surface area (Å²) in [5.74, 6) is 0.0349. The number of alkyl halides is 1. The quantitative estimate of drug-likeness (QED) is 0.752. The van der Waals surface area contributed by atoms with Crippen molar-refractivity contribution >= 4 is 37.8 Å². The first-order chi connectivity index (χ1) is 9.65. The van der Waals surface area contributed by atoms with Crippen LogP contribution in [0.25, 0.3) is 0 Å². The van der Waals surface area contributed by atoms with Gasteiger partial charge in [0.15, 0.2) is 0 Å². The first-order valence-corrected chi connectivity index (χ1v) is 8.06. The van der Waals surface area contributed by atoms with Crippen LogP contribution < -0.4 is 5.32 Å². The molecule has 0 radical (unpaired) electrons. The van der Waals surface area contributed by atoms with E-state index < -0.39 is 0 Å². The summed E-state index contributed by atoms with van der Waals surface area (Å²) in [5, 5.41) is 2.95. The van der Waals surface area contributed by atoms with E-state index in [2.05, 4.69) is 37.2 Å². The van der Waals surface area contributed by atoms with Crippen molar-refractivity contribution in [3.8, 4) is 0 Å². The van der Waals surface area contributed by atoms with Gasteiger partial charge in [0.05, 0.1) is 11.2 Å². The Morgan fingerprint density at radius 2 is 1.70 bits per heavy atom.